The summed E-state index contributed by atoms with van der Waals surface area (Å²) < 4.78 is 0. The van der Waals surface area contributed by atoms with E-state index in [4.69, 9.17) is 0 Å². The van der Waals surface area contributed by atoms with E-state index in [-0.39, 0.29) is 11.9 Å². The van der Waals surface area contributed by atoms with E-state index >= 15 is 0 Å². The Labute approximate surface area is 111 Å². The molecule has 2 rings (SSSR count). The first kappa shape index (κ1) is 12.6. The van der Waals surface area contributed by atoms with E-state index in [1.165, 1.54) is 0 Å². The van der Waals surface area contributed by atoms with Crippen LogP contribution in [-0.4, -0.2) is 5.91 Å². The first-order valence-corrected chi connectivity index (χ1v) is 6.71. The summed E-state index contributed by atoms with van der Waals surface area (Å²) in [6.45, 7) is 1.98. The van der Waals surface area contributed by atoms with Crippen molar-refractivity contribution in [2.24, 2.45) is 0 Å². The minimum Gasteiger partial charge on any atom is -0.346 e. The molecule has 1 N–H and O–H groups in total. The zero-order valence-corrected chi connectivity index (χ0v) is 11.0. The molecule has 0 fully saturated rings. The van der Waals surface area contributed by atoms with Gasteiger partial charge < -0.3 is 5.32 Å². The van der Waals surface area contributed by atoms with Crippen molar-refractivity contribution in [3.8, 4) is 0 Å². The molecule has 0 aliphatic heterocycles. The Morgan fingerprint density at radius 1 is 1.22 bits per heavy atom. The molecule has 1 atom stereocenters. The highest BCUT2D eigenvalue weighted by atomic mass is 32.1. The molecule has 1 amide bonds. The molecule has 0 spiro atoms. The highest BCUT2D eigenvalue weighted by molar-refractivity contribution is 7.10. The van der Waals surface area contributed by atoms with Gasteiger partial charge in [0.1, 0.15) is 0 Å². The average Bonchev–Trinajstić information content (AvgIpc) is 2.90. The monoisotopic (exact) mass is 257 g/mol. The average molecular weight is 257 g/mol. The van der Waals surface area contributed by atoms with Crippen LogP contribution in [0.4, 0.5) is 0 Å². The van der Waals surface area contributed by atoms with Crippen LogP contribution in [0.2, 0.25) is 0 Å². The van der Waals surface area contributed by atoms with Crippen LogP contribution in [0, 0.1) is 0 Å². The third-order valence-corrected chi connectivity index (χ3v) is 3.44. The van der Waals surface area contributed by atoms with Crippen molar-refractivity contribution >= 4 is 23.3 Å². The Kier molecular flexibility index (Phi) is 4.31. The second kappa shape index (κ2) is 6.17. The van der Waals surface area contributed by atoms with Gasteiger partial charge in [-0.15, -0.1) is 11.3 Å². The third kappa shape index (κ3) is 3.57. The van der Waals surface area contributed by atoms with E-state index in [0.29, 0.717) is 0 Å². The number of hydrogen-bond donors (Lipinski definition) is 1. The van der Waals surface area contributed by atoms with Crippen LogP contribution in [0.25, 0.3) is 6.08 Å². The Bertz CT molecular complexity index is 517. The zero-order valence-electron chi connectivity index (χ0n) is 10.2. The van der Waals surface area contributed by atoms with E-state index in [2.05, 4.69) is 5.32 Å². The minimum absolute atomic E-state index is 0.0201. The highest BCUT2D eigenvalue weighted by Crippen LogP contribution is 2.12. The summed E-state index contributed by atoms with van der Waals surface area (Å²) in [7, 11) is 0. The van der Waals surface area contributed by atoms with Gasteiger partial charge in [0.2, 0.25) is 5.91 Å². The largest absolute Gasteiger partial charge is 0.346 e. The molecule has 1 heterocycles. The quantitative estimate of drug-likeness (QED) is 0.832. The lowest BCUT2D eigenvalue weighted by molar-refractivity contribution is -0.117. The summed E-state index contributed by atoms with van der Waals surface area (Å²) in [6, 6.07) is 13.9. The van der Waals surface area contributed by atoms with Crippen molar-refractivity contribution in [3.63, 3.8) is 0 Å². The molecule has 0 aliphatic rings. The van der Waals surface area contributed by atoms with Crippen LogP contribution >= 0.6 is 11.3 Å². The second-order valence-corrected chi connectivity index (χ2v) is 4.97. The molecular formula is C15H15NOS. The van der Waals surface area contributed by atoms with Gasteiger partial charge in [0.15, 0.2) is 0 Å². The molecule has 0 saturated heterocycles. The predicted molar refractivity (Wildman–Crippen MR) is 76.4 cm³/mol. The molecule has 0 aliphatic carbocycles. The Morgan fingerprint density at radius 2 is 2.00 bits per heavy atom. The molecule has 0 radical (unpaired) electrons. The van der Waals surface area contributed by atoms with Crippen molar-refractivity contribution in [1.82, 2.24) is 5.32 Å². The van der Waals surface area contributed by atoms with Gasteiger partial charge in [-0.1, -0.05) is 36.4 Å². The molecule has 0 bridgehead atoms. The predicted octanol–water partition coefficient (Wildman–Crippen LogP) is 3.64. The molecule has 2 nitrogen and oxygen atoms in total. The van der Waals surface area contributed by atoms with Crippen LogP contribution in [0.15, 0.2) is 53.9 Å². The third-order valence-electron chi connectivity index (χ3n) is 2.60. The first-order valence-electron chi connectivity index (χ1n) is 5.83. The van der Waals surface area contributed by atoms with Gasteiger partial charge in [-0.2, -0.15) is 0 Å². The normalized spacial score (nSPS) is 12.5. The standard InChI is InChI=1S/C15H15NOS/c1-12(13-6-3-2-4-7-13)16-15(17)10-9-14-8-5-11-18-14/h2-12H,1H3,(H,16,17). The fraction of sp³-hybridized carbons (Fsp3) is 0.133. The zero-order chi connectivity index (χ0) is 12.8. The second-order valence-electron chi connectivity index (χ2n) is 3.99. The lowest BCUT2D eigenvalue weighted by Crippen LogP contribution is -2.24. The van der Waals surface area contributed by atoms with Gasteiger partial charge in [0, 0.05) is 11.0 Å². The summed E-state index contributed by atoms with van der Waals surface area (Å²) >= 11 is 1.61. The summed E-state index contributed by atoms with van der Waals surface area (Å²) in [6.07, 6.45) is 3.41. The van der Waals surface area contributed by atoms with Crippen molar-refractivity contribution in [3.05, 3.63) is 64.4 Å². The molecule has 2 aromatic rings. The Morgan fingerprint density at radius 3 is 2.67 bits per heavy atom. The van der Waals surface area contributed by atoms with Crippen LogP contribution in [0.1, 0.15) is 23.4 Å². The molecule has 1 aromatic carbocycles. The van der Waals surface area contributed by atoms with Crippen molar-refractivity contribution in [1.29, 1.82) is 0 Å². The molecule has 1 unspecified atom stereocenters. The highest BCUT2D eigenvalue weighted by Gasteiger charge is 2.06. The summed E-state index contributed by atoms with van der Waals surface area (Å²) in [4.78, 5) is 12.8. The molecule has 18 heavy (non-hydrogen) atoms. The van der Waals surface area contributed by atoms with Gasteiger partial charge >= 0.3 is 0 Å². The topological polar surface area (TPSA) is 29.1 Å². The van der Waals surface area contributed by atoms with Crippen LogP contribution in [-0.2, 0) is 4.79 Å². The number of hydrogen-bond acceptors (Lipinski definition) is 2. The number of amides is 1. The molecule has 92 valence electrons. The number of benzene rings is 1. The SMILES string of the molecule is CC(NC(=O)C=Cc1cccs1)c1ccccc1. The van der Waals surface area contributed by atoms with E-state index in [1.54, 1.807) is 17.4 Å². The lowest BCUT2D eigenvalue weighted by atomic mass is 10.1. The molecule has 3 heteroatoms. The van der Waals surface area contributed by atoms with Crippen LogP contribution in [0.5, 0.6) is 0 Å². The van der Waals surface area contributed by atoms with Gasteiger partial charge in [0.05, 0.1) is 6.04 Å². The van der Waals surface area contributed by atoms with Gasteiger partial charge in [-0.3, -0.25) is 4.79 Å². The van der Waals surface area contributed by atoms with Gasteiger partial charge in [0.25, 0.3) is 0 Å². The van der Waals surface area contributed by atoms with Crippen molar-refractivity contribution in [2.45, 2.75) is 13.0 Å². The lowest BCUT2D eigenvalue weighted by Gasteiger charge is -2.12. The maximum Gasteiger partial charge on any atom is 0.244 e. The van der Waals surface area contributed by atoms with E-state index < -0.39 is 0 Å². The van der Waals surface area contributed by atoms with Crippen LogP contribution in [0.3, 0.4) is 0 Å². The maximum atomic E-state index is 11.7. The van der Waals surface area contributed by atoms with Gasteiger partial charge in [-0.05, 0) is 30.0 Å². The van der Waals surface area contributed by atoms with Crippen molar-refractivity contribution < 1.29 is 4.79 Å². The molecule has 0 saturated carbocycles. The smallest absolute Gasteiger partial charge is 0.244 e. The Balaban J connectivity index is 1.92. The van der Waals surface area contributed by atoms with E-state index in [1.807, 2.05) is 60.8 Å². The van der Waals surface area contributed by atoms with Gasteiger partial charge in [-0.25, -0.2) is 0 Å². The number of thiophene rings is 1. The fourth-order valence-corrected chi connectivity index (χ4v) is 2.25. The Hall–Kier alpha value is -1.87. The van der Waals surface area contributed by atoms with Crippen LogP contribution < -0.4 is 5.32 Å². The minimum atomic E-state index is -0.0697. The van der Waals surface area contributed by atoms with E-state index in [9.17, 15) is 4.79 Å². The number of rotatable bonds is 4. The molecule has 1 aromatic heterocycles. The van der Waals surface area contributed by atoms with E-state index in [0.717, 1.165) is 10.4 Å². The van der Waals surface area contributed by atoms with Crippen molar-refractivity contribution in [2.75, 3.05) is 0 Å². The first-order chi connectivity index (χ1) is 8.75. The summed E-state index contributed by atoms with van der Waals surface area (Å²) in [5.74, 6) is -0.0697. The fourth-order valence-electron chi connectivity index (χ4n) is 1.63. The maximum absolute atomic E-state index is 11.7. The summed E-state index contributed by atoms with van der Waals surface area (Å²) in [5.41, 5.74) is 1.11. The summed E-state index contributed by atoms with van der Waals surface area (Å²) in [5, 5.41) is 4.93. The number of carbonyl (C=O) groups excluding carboxylic acids is 1. The molecular weight excluding hydrogens is 242 g/mol. The number of carbonyl (C=O) groups is 1. The number of nitrogens with one attached hydrogen (secondary N) is 1.